The number of primary amides is 2. The molecule has 4 N–H and O–H groups in total. The number of rotatable bonds is 3. The number of fused-ring (bicyclic) bond motifs is 4. The zero-order valence-corrected chi connectivity index (χ0v) is 20.2. The maximum Gasteiger partial charge on any atom is 0.250 e. The minimum absolute atomic E-state index is 0.169. The third kappa shape index (κ3) is 2.53. The zero-order chi connectivity index (χ0) is 25.7. The summed E-state index contributed by atoms with van der Waals surface area (Å²) in [5.41, 5.74) is 13.6. The predicted octanol–water partition coefficient (Wildman–Crippen LogP) is 6.49. The summed E-state index contributed by atoms with van der Waals surface area (Å²) >= 11 is 0. The Balaban J connectivity index is 1.59. The van der Waals surface area contributed by atoms with Gasteiger partial charge in [0, 0.05) is 5.22 Å². The van der Waals surface area contributed by atoms with E-state index in [2.05, 4.69) is 66.7 Å². The average molecular weight is 489 g/mol. The van der Waals surface area contributed by atoms with Gasteiger partial charge in [-0.2, -0.15) is 0 Å². The molecule has 0 saturated carbocycles. The Hall–Kier alpha value is -5.22. The van der Waals surface area contributed by atoms with E-state index in [1.54, 1.807) is 0 Å². The Morgan fingerprint density at radius 3 is 1.74 bits per heavy atom. The molecule has 38 heavy (non-hydrogen) atoms. The molecule has 2 amide bonds. The van der Waals surface area contributed by atoms with Crippen LogP contribution < -0.4 is 11.5 Å². The summed E-state index contributed by atoms with van der Waals surface area (Å²) in [5, 5.41) is 12.8. The van der Waals surface area contributed by atoms with Gasteiger partial charge in [0.1, 0.15) is 0 Å². The minimum atomic E-state index is -0.670. The first-order valence-corrected chi connectivity index (χ1v) is 12.5. The molecule has 4 heteroatoms. The highest BCUT2D eigenvalue weighted by molar-refractivity contribution is 6.33. The van der Waals surface area contributed by atoms with Gasteiger partial charge < -0.3 is 11.5 Å². The number of benzene rings is 7. The van der Waals surface area contributed by atoms with Crippen LogP contribution in [0.15, 0.2) is 97.1 Å². The van der Waals surface area contributed by atoms with Crippen molar-refractivity contribution in [2.75, 3.05) is 0 Å². The Bertz CT molecular complexity index is 2400. The van der Waals surface area contributed by atoms with E-state index in [1.807, 2.05) is 30.3 Å². The molecule has 0 saturated heterocycles. The molecule has 0 fully saturated rings. The van der Waals surface area contributed by atoms with E-state index < -0.39 is 11.8 Å². The van der Waals surface area contributed by atoms with Crippen LogP contribution in [0.5, 0.6) is 0 Å². The molecule has 0 radical (unpaired) electrons. The van der Waals surface area contributed by atoms with Gasteiger partial charge in [-0.1, -0.05) is 78.9 Å². The topological polar surface area (TPSA) is 86.2 Å². The highest BCUT2D eigenvalue weighted by atomic mass is 16.2. The van der Waals surface area contributed by atoms with Gasteiger partial charge in [0.2, 0.25) is 11.8 Å². The van der Waals surface area contributed by atoms with E-state index in [1.165, 1.54) is 26.9 Å². The summed E-state index contributed by atoms with van der Waals surface area (Å²) in [6.45, 7) is 0. The Morgan fingerprint density at radius 1 is 0.500 bits per heavy atom. The first-order chi connectivity index (χ1) is 18.5. The van der Waals surface area contributed by atoms with E-state index in [0.29, 0.717) is 10.8 Å². The van der Waals surface area contributed by atoms with Crippen LogP contribution in [0.4, 0.5) is 0 Å². The van der Waals surface area contributed by atoms with Gasteiger partial charge in [0.25, 0.3) is 0 Å². The molecule has 4 nitrogen and oxygen atoms in total. The summed E-state index contributed by atoms with van der Waals surface area (Å²) in [7, 11) is 0. The van der Waals surface area contributed by atoms with E-state index in [9.17, 15) is 9.59 Å². The smallest absolute Gasteiger partial charge is 0.250 e. The summed E-state index contributed by atoms with van der Waals surface area (Å²) in [6.07, 6.45) is 0. The zero-order valence-electron chi connectivity index (χ0n) is 20.2. The van der Waals surface area contributed by atoms with Crippen molar-refractivity contribution in [1.82, 2.24) is 0 Å². The summed E-state index contributed by atoms with van der Waals surface area (Å²) in [5.74, 6) is -1.33. The monoisotopic (exact) mass is 488 g/mol. The molecule has 0 aliphatic heterocycles. The predicted molar refractivity (Wildman–Crippen MR) is 152 cm³/mol. The second kappa shape index (κ2) is 7.17. The fourth-order valence-corrected chi connectivity index (χ4v) is 6.59. The molecule has 0 unspecified atom stereocenters. The van der Waals surface area contributed by atoms with Crippen LogP contribution in [0, 0.1) is 20.9 Å². The van der Waals surface area contributed by atoms with Crippen molar-refractivity contribution in [3.8, 4) is 11.1 Å². The van der Waals surface area contributed by atoms with E-state index >= 15 is 0 Å². The number of hydrogen-bond donors (Lipinski definition) is 2. The van der Waals surface area contributed by atoms with Crippen molar-refractivity contribution in [1.29, 1.82) is 0 Å². The summed E-state index contributed by atoms with van der Waals surface area (Å²) < 4.78 is 0. The molecule has 1 aliphatic rings. The summed E-state index contributed by atoms with van der Waals surface area (Å²) in [4.78, 5) is 25.7. The van der Waals surface area contributed by atoms with E-state index in [0.717, 1.165) is 37.4 Å². The van der Waals surface area contributed by atoms with Crippen LogP contribution in [0.2, 0.25) is 0 Å². The molecule has 7 aromatic carbocycles. The molecule has 7 aromatic rings. The highest BCUT2D eigenvalue weighted by Crippen LogP contribution is 2.43. The average Bonchev–Trinajstić information content (AvgIpc) is 2.93. The molecule has 178 valence electrons. The van der Waals surface area contributed by atoms with Gasteiger partial charge >= 0.3 is 0 Å². The number of hydrogen-bond acceptors (Lipinski definition) is 2. The third-order valence-corrected chi connectivity index (χ3v) is 8.08. The lowest BCUT2D eigenvalue weighted by Gasteiger charge is -2.19. The van der Waals surface area contributed by atoms with Gasteiger partial charge in [-0.3, -0.25) is 9.59 Å². The molecule has 8 rings (SSSR count). The van der Waals surface area contributed by atoms with Crippen LogP contribution in [0.1, 0.15) is 20.7 Å². The van der Waals surface area contributed by atoms with Crippen molar-refractivity contribution in [2.45, 2.75) is 0 Å². The van der Waals surface area contributed by atoms with Crippen LogP contribution >= 0.6 is 0 Å². The molecule has 0 heterocycles. The van der Waals surface area contributed by atoms with Gasteiger partial charge in [-0.15, -0.1) is 0 Å². The second-order valence-corrected chi connectivity index (χ2v) is 10.0. The first-order valence-electron chi connectivity index (χ1n) is 12.5. The number of carbonyl (C=O) groups excluding carboxylic acids is 2. The van der Waals surface area contributed by atoms with Gasteiger partial charge in [0.05, 0.1) is 11.1 Å². The summed E-state index contributed by atoms with van der Waals surface area (Å²) in [6, 6.07) is 33.1. The molecule has 0 atom stereocenters. The third-order valence-electron chi connectivity index (χ3n) is 8.08. The van der Waals surface area contributed by atoms with Crippen molar-refractivity contribution in [3.05, 3.63) is 129 Å². The Labute approximate surface area is 216 Å². The van der Waals surface area contributed by atoms with Crippen LogP contribution in [-0.4, -0.2) is 11.8 Å². The standard InChI is InChI=1S/C34H20N2O2/c35-33(37)31-25(16-27-20-9-1-2-10-21(20)30(27)32(31)34(36)38)19-14-18-8-5-12-23-22-11-3-6-17-7-4-13-24(28(17)22)26(15-19)29(18)23/h1-16H,(H2,35,37)(H2,36,38). The van der Waals surface area contributed by atoms with Crippen LogP contribution in [-0.2, 0) is 0 Å². The molecular formula is C34H20N2O2. The molecule has 1 aliphatic carbocycles. The number of amides is 2. The SMILES string of the molecule is NC(=O)c1c(-c2cc3cccc4c5cccc6cccc(c(c2)c34)c65)cc2c(c1C(N)=O)=c1ccccc1=2. The molecule has 0 bridgehead atoms. The van der Waals surface area contributed by atoms with Crippen molar-refractivity contribution < 1.29 is 9.59 Å². The largest absolute Gasteiger partial charge is 0.366 e. The Morgan fingerprint density at radius 2 is 1.08 bits per heavy atom. The molecular weight excluding hydrogens is 468 g/mol. The molecule has 0 spiro atoms. The van der Waals surface area contributed by atoms with Crippen LogP contribution in [0.25, 0.3) is 54.2 Å². The number of carbonyl (C=O) groups is 2. The fraction of sp³-hybridized carbons (Fsp3) is 0. The van der Waals surface area contributed by atoms with Gasteiger partial charge in [-0.05, 0) is 88.1 Å². The molecule has 0 aromatic heterocycles. The maximum atomic E-state index is 12.9. The second-order valence-electron chi connectivity index (χ2n) is 10.0. The van der Waals surface area contributed by atoms with Crippen molar-refractivity contribution in [2.24, 2.45) is 11.5 Å². The maximum absolute atomic E-state index is 12.9. The quantitative estimate of drug-likeness (QED) is 0.220. The van der Waals surface area contributed by atoms with Crippen LogP contribution in [0.3, 0.4) is 0 Å². The first kappa shape index (κ1) is 20.9. The lowest BCUT2D eigenvalue weighted by Crippen LogP contribution is -2.23. The highest BCUT2D eigenvalue weighted by Gasteiger charge is 2.25. The van der Waals surface area contributed by atoms with E-state index in [4.69, 9.17) is 11.5 Å². The van der Waals surface area contributed by atoms with Gasteiger partial charge in [0.15, 0.2) is 0 Å². The Kier molecular flexibility index (Phi) is 3.95. The lowest BCUT2D eigenvalue weighted by atomic mass is 9.84. The minimum Gasteiger partial charge on any atom is -0.366 e. The van der Waals surface area contributed by atoms with Crippen molar-refractivity contribution >= 4 is 54.9 Å². The number of nitrogens with two attached hydrogens (primary N) is 2. The van der Waals surface area contributed by atoms with E-state index in [-0.39, 0.29) is 11.1 Å². The van der Waals surface area contributed by atoms with Crippen molar-refractivity contribution in [3.63, 3.8) is 0 Å². The lowest BCUT2D eigenvalue weighted by molar-refractivity contribution is 0.0967. The van der Waals surface area contributed by atoms with Gasteiger partial charge in [-0.25, -0.2) is 0 Å². The normalized spacial score (nSPS) is 12.1. The fourth-order valence-electron chi connectivity index (χ4n) is 6.59.